The molecule has 1 aliphatic heterocycles. The normalized spacial score (nSPS) is 14.8. The number of hydrogen-bond acceptors (Lipinski definition) is 6. The van der Waals surface area contributed by atoms with Gasteiger partial charge in [-0.1, -0.05) is 84.9 Å². The van der Waals surface area contributed by atoms with Crippen LogP contribution in [0.1, 0.15) is 35.2 Å². The molecule has 2 heterocycles. The predicted molar refractivity (Wildman–Crippen MR) is 187 cm³/mol. The lowest BCUT2D eigenvalue weighted by atomic mass is 9.96. The van der Waals surface area contributed by atoms with Gasteiger partial charge in [-0.3, -0.25) is 19.1 Å². The van der Waals surface area contributed by atoms with Crippen LogP contribution in [0.15, 0.2) is 114 Å². The minimum atomic E-state index is -4.50. The van der Waals surface area contributed by atoms with E-state index in [0.29, 0.717) is 49.8 Å². The first kappa shape index (κ1) is 34.4. The molecule has 0 bridgehead atoms. The van der Waals surface area contributed by atoms with E-state index in [0.717, 1.165) is 34.6 Å². The molecule has 0 unspecified atom stereocenters. The van der Waals surface area contributed by atoms with Gasteiger partial charge in [-0.25, -0.2) is 0 Å². The predicted octanol–water partition coefficient (Wildman–Crippen LogP) is 5.75. The number of benzene rings is 4. The number of ether oxygens (including phenoxy) is 1. The Morgan fingerprint density at radius 3 is 2.02 bits per heavy atom. The summed E-state index contributed by atoms with van der Waals surface area (Å²) in [7, 11) is 0. The van der Waals surface area contributed by atoms with E-state index >= 15 is 0 Å². The number of nitriles is 1. The Hall–Kier alpha value is -5.44. The number of para-hydroxylation sites is 2. The SMILES string of the molecule is CCOc1ccccc1-n1c(=C(C#N)C(=O)N2CCN(C(c3ccccc3)c3ccccc3)CC2)sc(=Cc2ccc(C(F)(F)F)cc2)c1=O. The van der Waals surface area contributed by atoms with Gasteiger partial charge in [-0.05, 0) is 54.0 Å². The fraction of sp³-hybridized carbons (Fsp3) is 0.205. The van der Waals surface area contributed by atoms with Gasteiger partial charge >= 0.3 is 6.18 Å². The molecule has 11 heteroatoms. The number of halogens is 3. The van der Waals surface area contributed by atoms with Gasteiger partial charge in [-0.15, -0.1) is 11.3 Å². The van der Waals surface area contributed by atoms with Crippen LogP contribution in [0.3, 0.4) is 0 Å². The van der Waals surface area contributed by atoms with E-state index in [1.165, 1.54) is 22.8 Å². The maximum absolute atomic E-state index is 14.1. The maximum Gasteiger partial charge on any atom is 0.416 e. The number of carbonyl (C=O) groups is 1. The van der Waals surface area contributed by atoms with E-state index in [-0.39, 0.29) is 20.8 Å². The van der Waals surface area contributed by atoms with Crippen molar-refractivity contribution in [1.29, 1.82) is 5.26 Å². The Labute approximate surface area is 291 Å². The number of hydrogen-bond donors (Lipinski definition) is 0. The van der Waals surface area contributed by atoms with E-state index in [4.69, 9.17) is 4.74 Å². The van der Waals surface area contributed by atoms with Crippen molar-refractivity contribution in [3.63, 3.8) is 0 Å². The van der Waals surface area contributed by atoms with Gasteiger partial charge in [0.1, 0.15) is 16.5 Å². The van der Waals surface area contributed by atoms with Crippen LogP contribution < -0.4 is 19.5 Å². The molecule has 1 aromatic heterocycles. The Balaban J connectivity index is 1.39. The molecule has 0 atom stereocenters. The number of amides is 1. The van der Waals surface area contributed by atoms with Crippen LogP contribution in [-0.4, -0.2) is 53.1 Å². The smallest absolute Gasteiger partial charge is 0.416 e. The van der Waals surface area contributed by atoms with Crippen molar-refractivity contribution in [3.05, 3.63) is 151 Å². The number of alkyl halides is 3. The van der Waals surface area contributed by atoms with Gasteiger partial charge in [0.15, 0.2) is 5.57 Å². The third-order valence-electron chi connectivity index (χ3n) is 8.50. The monoisotopic (exact) mass is 694 g/mol. The first-order chi connectivity index (χ1) is 24.2. The summed E-state index contributed by atoms with van der Waals surface area (Å²) in [6, 6.07) is 33.7. The molecule has 0 saturated carbocycles. The summed E-state index contributed by atoms with van der Waals surface area (Å²) in [4.78, 5) is 32.1. The van der Waals surface area contributed by atoms with Crippen LogP contribution in [0.5, 0.6) is 5.75 Å². The lowest BCUT2D eigenvalue weighted by Gasteiger charge is -2.39. The van der Waals surface area contributed by atoms with Crippen molar-refractivity contribution in [3.8, 4) is 17.5 Å². The fourth-order valence-corrected chi connectivity index (χ4v) is 7.21. The van der Waals surface area contributed by atoms with Gasteiger partial charge in [0.2, 0.25) is 0 Å². The lowest BCUT2D eigenvalue weighted by Crippen LogP contribution is -2.50. The van der Waals surface area contributed by atoms with E-state index in [1.54, 1.807) is 36.1 Å². The highest BCUT2D eigenvalue weighted by Gasteiger charge is 2.31. The molecular weight excluding hydrogens is 662 g/mol. The molecule has 254 valence electrons. The zero-order chi connectivity index (χ0) is 35.3. The number of nitrogens with zero attached hydrogens (tertiary/aromatic N) is 4. The van der Waals surface area contributed by atoms with E-state index in [2.05, 4.69) is 35.2 Å². The summed E-state index contributed by atoms with van der Waals surface area (Å²) in [6.45, 7) is 3.92. The molecule has 0 radical (unpaired) electrons. The maximum atomic E-state index is 14.1. The third-order valence-corrected chi connectivity index (χ3v) is 9.59. The zero-order valence-corrected chi connectivity index (χ0v) is 28.0. The van der Waals surface area contributed by atoms with Crippen LogP contribution in [0.4, 0.5) is 13.2 Å². The van der Waals surface area contributed by atoms with Gasteiger partial charge in [0, 0.05) is 26.2 Å². The van der Waals surface area contributed by atoms with Crippen LogP contribution >= 0.6 is 11.3 Å². The first-order valence-electron chi connectivity index (χ1n) is 16.1. The largest absolute Gasteiger partial charge is 0.492 e. The fourth-order valence-electron chi connectivity index (χ4n) is 6.12. The average Bonchev–Trinajstić information content (AvgIpc) is 3.44. The second-order valence-corrected chi connectivity index (χ2v) is 12.6. The molecule has 1 saturated heterocycles. The number of rotatable bonds is 8. The second kappa shape index (κ2) is 15.0. The third kappa shape index (κ3) is 7.27. The van der Waals surface area contributed by atoms with Gasteiger partial charge in [0.25, 0.3) is 11.5 Å². The first-order valence-corrected chi connectivity index (χ1v) is 16.9. The minimum absolute atomic E-state index is 0.0186. The molecule has 50 heavy (non-hydrogen) atoms. The van der Waals surface area contributed by atoms with E-state index < -0.39 is 23.2 Å². The molecule has 1 aliphatic rings. The quantitative estimate of drug-likeness (QED) is 0.207. The zero-order valence-electron chi connectivity index (χ0n) is 27.1. The van der Waals surface area contributed by atoms with E-state index in [1.807, 2.05) is 36.4 Å². The molecule has 7 nitrogen and oxygen atoms in total. The van der Waals surface area contributed by atoms with Gasteiger partial charge < -0.3 is 9.64 Å². The highest BCUT2D eigenvalue weighted by Crippen LogP contribution is 2.31. The summed E-state index contributed by atoms with van der Waals surface area (Å²) >= 11 is 0.937. The standard InChI is InChI=1S/C39H33F3N4O3S/c1-2-49-33-16-10-9-15-32(33)46-37(48)34(25-27-17-19-30(20-18-27)39(40,41)42)50-38(46)31(26-43)36(47)45-23-21-44(22-24-45)35(28-11-5-3-6-12-28)29-13-7-4-8-14-29/h3-20,25,35H,2,21-24H2,1H3. The van der Waals surface area contributed by atoms with Crippen molar-refractivity contribution in [2.45, 2.75) is 19.1 Å². The Morgan fingerprint density at radius 1 is 0.880 bits per heavy atom. The van der Waals surface area contributed by atoms with Gasteiger partial charge in [0.05, 0.1) is 28.4 Å². The average molecular weight is 695 g/mol. The Bertz CT molecular complexity index is 2140. The second-order valence-electron chi connectivity index (χ2n) is 11.6. The molecule has 1 amide bonds. The molecule has 0 spiro atoms. The van der Waals surface area contributed by atoms with Crippen molar-refractivity contribution in [1.82, 2.24) is 14.4 Å². The number of piperazine rings is 1. The lowest BCUT2D eigenvalue weighted by molar-refractivity contribution is -0.137. The van der Waals surface area contributed by atoms with Gasteiger partial charge in [-0.2, -0.15) is 18.4 Å². The van der Waals surface area contributed by atoms with E-state index in [9.17, 15) is 28.0 Å². The minimum Gasteiger partial charge on any atom is -0.492 e. The highest BCUT2D eigenvalue weighted by molar-refractivity contribution is 7.07. The van der Waals surface area contributed by atoms with Crippen molar-refractivity contribution < 1.29 is 22.7 Å². The molecule has 0 N–H and O–H groups in total. The van der Waals surface area contributed by atoms with Crippen molar-refractivity contribution >= 4 is 28.9 Å². The summed E-state index contributed by atoms with van der Waals surface area (Å²) in [5, 5.41) is 10.5. The molecule has 1 fully saturated rings. The van der Waals surface area contributed by atoms with Crippen LogP contribution in [0.25, 0.3) is 17.3 Å². The summed E-state index contributed by atoms with van der Waals surface area (Å²) in [5.74, 6) is -0.128. The van der Waals surface area contributed by atoms with Crippen LogP contribution in [0, 0.1) is 11.3 Å². The van der Waals surface area contributed by atoms with Crippen molar-refractivity contribution in [2.24, 2.45) is 0 Å². The topological polar surface area (TPSA) is 78.6 Å². The Kier molecular flexibility index (Phi) is 10.3. The number of thiazole rings is 1. The molecule has 0 aliphatic carbocycles. The summed E-state index contributed by atoms with van der Waals surface area (Å²) in [5.41, 5.74) is 1.43. The molecule has 5 aromatic rings. The summed E-state index contributed by atoms with van der Waals surface area (Å²) in [6.07, 6.45) is -3.04. The summed E-state index contributed by atoms with van der Waals surface area (Å²) < 4.78 is 46.9. The molecule has 6 rings (SSSR count). The number of carbonyl (C=O) groups excluding carboxylic acids is 1. The highest BCUT2D eigenvalue weighted by atomic mass is 32.1. The van der Waals surface area contributed by atoms with Crippen molar-refractivity contribution in [2.75, 3.05) is 32.8 Å². The Morgan fingerprint density at radius 2 is 1.46 bits per heavy atom. The number of aromatic nitrogens is 1. The van der Waals surface area contributed by atoms with Crippen LogP contribution in [-0.2, 0) is 11.0 Å². The molecule has 4 aromatic carbocycles. The molecular formula is C39H33F3N4O3S. The van der Waals surface area contributed by atoms with Crippen LogP contribution in [0.2, 0.25) is 0 Å².